The molecule has 9 nitrogen and oxygen atoms in total. The summed E-state index contributed by atoms with van der Waals surface area (Å²) in [6.45, 7) is 3.91. The Kier molecular flexibility index (Phi) is 5.99. The van der Waals surface area contributed by atoms with E-state index >= 15 is 0 Å². The lowest BCUT2D eigenvalue weighted by Crippen LogP contribution is -2.17. The number of benzene rings is 2. The van der Waals surface area contributed by atoms with E-state index in [1.54, 1.807) is 16.5 Å². The van der Waals surface area contributed by atoms with Gasteiger partial charge in [0.1, 0.15) is 11.6 Å². The Morgan fingerprint density at radius 3 is 2.42 bits per heavy atom. The molecule has 2 heterocycles. The number of amides is 1. The minimum atomic E-state index is -0.178. The summed E-state index contributed by atoms with van der Waals surface area (Å²) >= 11 is 1.25. The predicted molar refractivity (Wildman–Crippen MR) is 118 cm³/mol. The molecule has 0 spiro atoms. The molecule has 0 radical (unpaired) electrons. The van der Waals surface area contributed by atoms with Crippen molar-refractivity contribution in [2.24, 2.45) is 0 Å². The van der Waals surface area contributed by atoms with Crippen molar-refractivity contribution in [1.82, 2.24) is 30.0 Å². The van der Waals surface area contributed by atoms with Crippen LogP contribution in [0.1, 0.15) is 11.3 Å². The van der Waals surface area contributed by atoms with Gasteiger partial charge in [0.25, 0.3) is 0 Å². The first-order valence-corrected chi connectivity index (χ1v) is 10.5. The molecule has 158 valence electrons. The van der Waals surface area contributed by atoms with Crippen LogP contribution in [0, 0.1) is 13.8 Å². The second kappa shape index (κ2) is 9.00. The van der Waals surface area contributed by atoms with Crippen LogP contribution in [0.3, 0.4) is 0 Å². The van der Waals surface area contributed by atoms with Crippen molar-refractivity contribution >= 4 is 23.5 Å². The summed E-state index contributed by atoms with van der Waals surface area (Å²) in [5, 5.41) is 19.7. The van der Waals surface area contributed by atoms with Gasteiger partial charge in [0.2, 0.25) is 11.1 Å². The molecule has 4 aromatic rings. The topological polar surface area (TPSA) is 99.8 Å². The smallest absolute Gasteiger partial charge is 0.236 e. The summed E-state index contributed by atoms with van der Waals surface area (Å²) in [7, 11) is 1.61. The Hall–Kier alpha value is -3.66. The second-order valence-electron chi connectivity index (χ2n) is 6.83. The average molecular weight is 436 g/mol. The Labute approximate surface area is 183 Å². The monoisotopic (exact) mass is 435 g/mol. The summed E-state index contributed by atoms with van der Waals surface area (Å²) in [5.41, 5.74) is 3.63. The minimum absolute atomic E-state index is 0.147. The van der Waals surface area contributed by atoms with Crippen molar-refractivity contribution in [3.63, 3.8) is 0 Å². The van der Waals surface area contributed by atoms with Gasteiger partial charge in [-0.15, -0.1) is 5.10 Å². The molecule has 0 bridgehead atoms. The maximum atomic E-state index is 12.6. The van der Waals surface area contributed by atoms with Crippen molar-refractivity contribution in [2.75, 3.05) is 18.2 Å². The number of anilines is 1. The van der Waals surface area contributed by atoms with Crippen LogP contribution in [0.4, 0.5) is 5.82 Å². The van der Waals surface area contributed by atoms with Gasteiger partial charge in [0.05, 0.1) is 29.9 Å². The van der Waals surface area contributed by atoms with Crippen molar-refractivity contribution in [3.8, 4) is 17.1 Å². The lowest BCUT2D eigenvalue weighted by molar-refractivity contribution is -0.113. The second-order valence-corrected chi connectivity index (χ2v) is 7.77. The van der Waals surface area contributed by atoms with Crippen molar-refractivity contribution < 1.29 is 9.53 Å². The largest absolute Gasteiger partial charge is 0.497 e. The lowest BCUT2D eigenvalue weighted by atomic mass is 10.2. The molecule has 0 saturated heterocycles. The Balaban J connectivity index is 1.44. The number of aryl methyl sites for hydroxylation is 2. The van der Waals surface area contributed by atoms with Crippen molar-refractivity contribution in [1.29, 1.82) is 0 Å². The third kappa shape index (κ3) is 4.75. The zero-order valence-electron chi connectivity index (χ0n) is 17.3. The number of nitrogens with one attached hydrogen (secondary N) is 1. The number of carbonyl (C=O) groups is 1. The average Bonchev–Trinajstić information content (AvgIpc) is 3.39. The van der Waals surface area contributed by atoms with Gasteiger partial charge >= 0.3 is 0 Å². The Morgan fingerprint density at radius 2 is 1.71 bits per heavy atom. The fourth-order valence-corrected chi connectivity index (χ4v) is 3.63. The minimum Gasteiger partial charge on any atom is -0.497 e. The third-order valence-electron chi connectivity index (χ3n) is 4.47. The standard InChI is InChI=1S/C21H21N7O2S/c1-14-4-6-16(7-5-14)27-19(12-15(2)24-27)22-20(29)13-31-21-23-25-26-28(21)17-8-10-18(30-3)11-9-17/h4-12H,13H2,1-3H3,(H,22,29). The number of thioether (sulfide) groups is 1. The first-order chi connectivity index (χ1) is 15.0. The number of nitrogens with zero attached hydrogens (tertiary/aromatic N) is 6. The molecule has 31 heavy (non-hydrogen) atoms. The van der Waals surface area contributed by atoms with E-state index < -0.39 is 0 Å². The van der Waals surface area contributed by atoms with Crippen molar-refractivity contribution in [3.05, 3.63) is 65.9 Å². The van der Waals surface area contributed by atoms with E-state index in [1.807, 2.05) is 68.4 Å². The van der Waals surface area contributed by atoms with E-state index in [4.69, 9.17) is 4.74 Å². The molecule has 0 aliphatic carbocycles. The van der Waals surface area contributed by atoms with Crippen LogP contribution in [0.15, 0.2) is 59.8 Å². The number of hydrogen-bond donors (Lipinski definition) is 1. The molecule has 0 aliphatic rings. The number of hydrogen-bond acceptors (Lipinski definition) is 7. The molecule has 0 fully saturated rings. The molecular formula is C21H21N7O2S. The number of aromatic nitrogens is 6. The van der Waals surface area contributed by atoms with Gasteiger partial charge in [-0.05, 0) is 60.7 Å². The van der Waals surface area contributed by atoms with Crippen LogP contribution in [-0.2, 0) is 4.79 Å². The fraction of sp³-hybridized carbons (Fsp3) is 0.190. The maximum absolute atomic E-state index is 12.6. The van der Waals surface area contributed by atoms with Gasteiger partial charge < -0.3 is 10.1 Å². The highest BCUT2D eigenvalue weighted by Crippen LogP contribution is 2.22. The summed E-state index contributed by atoms with van der Waals surface area (Å²) < 4.78 is 8.48. The molecule has 10 heteroatoms. The third-order valence-corrected chi connectivity index (χ3v) is 5.39. The molecule has 1 amide bonds. The number of ether oxygens (including phenoxy) is 1. The van der Waals surface area contributed by atoms with E-state index in [1.165, 1.54) is 11.8 Å². The highest BCUT2D eigenvalue weighted by atomic mass is 32.2. The van der Waals surface area contributed by atoms with Gasteiger partial charge in [-0.25, -0.2) is 4.68 Å². The van der Waals surface area contributed by atoms with Crippen LogP contribution >= 0.6 is 11.8 Å². The molecule has 4 rings (SSSR count). The number of rotatable bonds is 7. The van der Waals surface area contributed by atoms with Gasteiger partial charge in [0, 0.05) is 6.07 Å². The maximum Gasteiger partial charge on any atom is 0.236 e. The molecule has 2 aromatic heterocycles. The van der Waals surface area contributed by atoms with E-state index in [-0.39, 0.29) is 11.7 Å². The molecular weight excluding hydrogens is 414 g/mol. The first kappa shape index (κ1) is 20.6. The first-order valence-electron chi connectivity index (χ1n) is 9.52. The Morgan fingerprint density at radius 1 is 1.03 bits per heavy atom. The summed E-state index contributed by atoms with van der Waals surface area (Å²) in [6.07, 6.45) is 0. The van der Waals surface area contributed by atoms with Crippen LogP contribution in [0.25, 0.3) is 11.4 Å². The fourth-order valence-electron chi connectivity index (χ4n) is 2.93. The number of tetrazole rings is 1. The van der Waals surface area contributed by atoms with E-state index in [9.17, 15) is 4.79 Å². The predicted octanol–water partition coefficient (Wildman–Crippen LogP) is 3.20. The SMILES string of the molecule is COc1ccc(-n2nnnc2SCC(=O)Nc2cc(C)nn2-c2ccc(C)cc2)cc1. The Bertz CT molecular complexity index is 1180. The van der Waals surface area contributed by atoms with Crippen LogP contribution in [-0.4, -0.2) is 48.8 Å². The molecule has 2 aromatic carbocycles. The van der Waals surface area contributed by atoms with E-state index in [2.05, 4.69) is 25.9 Å². The molecule has 0 unspecified atom stereocenters. The molecule has 1 N–H and O–H groups in total. The van der Waals surface area contributed by atoms with Crippen molar-refractivity contribution in [2.45, 2.75) is 19.0 Å². The molecule has 0 atom stereocenters. The van der Waals surface area contributed by atoms with Gasteiger partial charge in [0.15, 0.2) is 0 Å². The van der Waals surface area contributed by atoms with Crippen LogP contribution in [0.2, 0.25) is 0 Å². The van der Waals surface area contributed by atoms with E-state index in [0.29, 0.717) is 11.0 Å². The summed E-state index contributed by atoms with van der Waals surface area (Å²) in [4.78, 5) is 12.6. The van der Waals surface area contributed by atoms with E-state index in [0.717, 1.165) is 28.4 Å². The molecule has 0 aliphatic heterocycles. The normalized spacial score (nSPS) is 10.8. The highest BCUT2D eigenvalue weighted by Gasteiger charge is 2.14. The van der Waals surface area contributed by atoms with Crippen LogP contribution < -0.4 is 10.1 Å². The zero-order valence-corrected chi connectivity index (χ0v) is 18.1. The lowest BCUT2D eigenvalue weighted by Gasteiger charge is -2.09. The van der Waals surface area contributed by atoms with Crippen LogP contribution in [0.5, 0.6) is 5.75 Å². The van der Waals surface area contributed by atoms with Gasteiger partial charge in [-0.1, -0.05) is 29.5 Å². The highest BCUT2D eigenvalue weighted by molar-refractivity contribution is 7.99. The quantitative estimate of drug-likeness (QED) is 0.445. The van der Waals surface area contributed by atoms with Gasteiger partial charge in [-0.3, -0.25) is 4.79 Å². The van der Waals surface area contributed by atoms with Gasteiger partial charge in [-0.2, -0.15) is 9.78 Å². The zero-order chi connectivity index (χ0) is 21.8. The summed E-state index contributed by atoms with van der Waals surface area (Å²) in [6, 6.07) is 17.1. The number of carbonyl (C=O) groups excluding carboxylic acids is 1. The number of methoxy groups -OCH3 is 1. The molecule has 0 saturated carbocycles. The summed E-state index contributed by atoms with van der Waals surface area (Å²) in [5.74, 6) is 1.32.